The molecule has 0 aromatic heterocycles. The number of nitrogens with zero attached hydrogens (tertiary/aromatic N) is 2. The van der Waals surface area contributed by atoms with Crippen LogP contribution in [-0.2, 0) is 57.1 Å². The number of esters is 3. The number of aliphatic hydroxyl groups excluding tert-OH is 3. The number of carbonyl (C=O) groups is 4. The number of likely N-dealkylation sites (N-methyl/N-ethyl adjacent to an activating group) is 2. The molecule has 0 bridgehead atoms. The molecule has 0 spiro atoms. The fourth-order valence-electron chi connectivity index (χ4n) is 16.7. The van der Waals surface area contributed by atoms with E-state index in [1.807, 2.05) is 37.7 Å². The predicted octanol–water partition coefficient (Wildman–Crippen LogP) is 6.08. The molecule has 4 aliphatic carbocycles. The average molecular weight is 1240 g/mol. The number of methoxy groups -OCH3 is 1. The second-order valence-corrected chi connectivity index (χ2v) is 29.1. The molecule has 86 heavy (non-hydrogen) atoms. The van der Waals surface area contributed by atoms with E-state index in [1.54, 1.807) is 82.4 Å². The zero-order chi connectivity index (χ0) is 64.4. The lowest BCUT2D eigenvalue weighted by molar-refractivity contribution is -0.319. The van der Waals surface area contributed by atoms with Gasteiger partial charge in [0.2, 0.25) is 0 Å². The number of ether oxygens (including phenoxy) is 8. The van der Waals surface area contributed by atoms with Crippen molar-refractivity contribution in [3.63, 3.8) is 0 Å². The van der Waals surface area contributed by atoms with Crippen LogP contribution in [0, 0.1) is 46.3 Å². The maximum Gasteiger partial charge on any atom is 0.338 e. The number of hydrogen-bond donors (Lipinski definition) is 6. The van der Waals surface area contributed by atoms with Gasteiger partial charge in [0, 0.05) is 62.1 Å². The first-order valence-electron chi connectivity index (χ1n) is 31.4. The number of alkyl halides is 1. The number of hydrogen-bond acceptors (Lipinski definition) is 20. The minimum atomic E-state index is -2.07. The van der Waals surface area contributed by atoms with Crippen LogP contribution in [0.2, 0.25) is 0 Å². The van der Waals surface area contributed by atoms with Crippen molar-refractivity contribution in [1.82, 2.24) is 9.80 Å². The number of ketones is 1. The van der Waals surface area contributed by atoms with Crippen molar-refractivity contribution in [1.29, 1.82) is 0 Å². The Morgan fingerprint density at radius 2 is 1.55 bits per heavy atom. The lowest BCUT2D eigenvalue weighted by atomic mass is 9.46. The quantitative estimate of drug-likeness (QED) is 0.0498. The molecule has 7 rings (SSSR count). The van der Waals surface area contributed by atoms with Gasteiger partial charge in [-0.1, -0.05) is 47.6 Å². The molecule has 0 aromatic rings. The molecule has 5 fully saturated rings. The lowest BCUT2D eigenvalue weighted by Crippen LogP contribution is -2.69. The largest absolute Gasteiger partial charge is 0.464 e. The Bertz CT molecular complexity index is 2500. The minimum absolute atomic E-state index is 0.0458. The third kappa shape index (κ3) is 12.9. The molecule has 26 atom stereocenters. The van der Waals surface area contributed by atoms with Crippen molar-refractivity contribution in [2.45, 2.75) is 268 Å². The van der Waals surface area contributed by atoms with Gasteiger partial charge in [-0.25, -0.2) is 9.18 Å². The van der Waals surface area contributed by atoms with E-state index in [-0.39, 0.29) is 81.7 Å². The van der Waals surface area contributed by atoms with Gasteiger partial charge in [-0.3, -0.25) is 14.4 Å². The Hall–Kier alpha value is -2.74. The van der Waals surface area contributed by atoms with E-state index in [0.29, 0.717) is 19.4 Å². The Balaban J connectivity index is 1.11. The minimum Gasteiger partial charge on any atom is -0.464 e. The molecule has 3 aliphatic heterocycles. The van der Waals surface area contributed by atoms with Crippen LogP contribution in [0.25, 0.3) is 0 Å². The lowest BCUT2D eigenvalue weighted by Gasteiger charge is -2.63. The highest BCUT2D eigenvalue weighted by Crippen LogP contribution is 2.72. The van der Waals surface area contributed by atoms with E-state index >= 15 is 4.39 Å². The smallest absolute Gasteiger partial charge is 0.338 e. The van der Waals surface area contributed by atoms with Crippen LogP contribution < -0.4 is 0 Å². The Morgan fingerprint density at radius 1 is 0.884 bits per heavy atom. The SMILES string of the molecule is CC[C@H]1OC(=O)[C@H](C)[C@@H](O[C@@H]2C[C@](C)(OC)[C@H](O)C(C)O2)[C@H](C)[C@@H](O[C@@H]2O[C@H](C)C[C@@H](N(C)C)[C@H]2OC(=O)CCCCOC(=O)[C@@]2(O)[C@H](C)CC3C4CC(F)=C5CC(=O)C=C[C@]5(C)[C@@]4(Cl)[C@@H](O)C[C@@]32C)[C@](C)(O)C[C@@H](C)CN(C)[C@H](C)[C@@H](O)[C@]1(C)O. The number of cyclic esters (lactones) is 1. The zero-order valence-corrected chi connectivity index (χ0v) is 54.8. The molecule has 0 aromatic carbocycles. The van der Waals surface area contributed by atoms with Gasteiger partial charge in [0.15, 0.2) is 30.1 Å². The van der Waals surface area contributed by atoms with Crippen LogP contribution in [-0.4, -0.2) is 212 Å². The summed E-state index contributed by atoms with van der Waals surface area (Å²) in [4.78, 5) is 57.9. The number of fused-ring (bicyclic) bond motifs is 5. The van der Waals surface area contributed by atoms with Gasteiger partial charge in [0.05, 0.1) is 65.2 Å². The monoisotopic (exact) mass is 1240 g/mol. The topological polar surface area (TPSA) is 270 Å². The molecule has 22 heteroatoms. The van der Waals surface area contributed by atoms with Crippen LogP contribution in [0.1, 0.15) is 161 Å². The molecule has 20 nitrogen and oxygen atoms in total. The summed E-state index contributed by atoms with van der Waals surface area (Å²) in [6.07, 6.45) is -7.86. The highest BCUT2D eigenvalue weighted by Gasteiger charge is 2.76. The summed E-state index contributed by atoms with van der Waals surface area (Å²) in [5.41, 5.74) is -8.99. The normalized spacial score (nSPS) is 48.1. The van der Waals surface area contributed by atoms with E-state index in [4.69, 9.17) is 49.5 Å². The maximum absolute atomic E-state index is 16.1. The van der Waals surface area contributed by atoms with Crippen LogP contribution in [0.4, 0.5) is 4.39 Å². The van der Waals surface area contributed by atoms with Crippen molar-refractivity contribution in [3.8, 4) is 0 Å². The summed E-state index contributed by atoms with van der Waals surface area (Å²) in [6, 6.07) is -1.09. The second kappa shape index (κ2) is 26.5. The standard InChI is InChI=1S/C64H104ClFN2O18/c1-18-47-62(13,77)52(72)38(7)68(16)32-33(2)29-60(11,76)54(36(5)50(37(6)55(74)83-47)85-49-31-61(12,79-17)53(73)39(8)82-49)86-56-51(45(67(14)15)26-35(4)81-56)84-48(71)21-19-20-24-80-57(75)64(78)34(3)25-41-42-28-44(66)43-27-40(69)22-23-58(43,9)63(42,65)46(70)30-59(41,64)10/h22-23,33-39,41-42,45-47,49-54,56,70,72-73,76-78H,18-21,24-32H2,1-17H3/t33-,34-,35-,36+,37-,38-,39?,41?,42?,45-,46+,47-,49-,50+,51-,52-,53-,54-,56+,58+,59+,60-,61+,62-,63+,64+/m1/s1. The number of carbonyl (C=O) groups excluding carboxylic acids is 4. The summed E-state index contributed by atoms with van der Waals surface area (Å²) in [7, 11) is 6.98. The summed E-state index contributed by atoms with van der Waals surface area (Å²) >= 11 is 7.52. The molecule has 6 N–H and O–H groups in total. The highest BCUT2D eigenvalue weighted by molar-refractivity contribution is 6.26. The Kier molecular flexibility index (Phi) is 21.8. The van der Waals surface area contributed by atoms with Gasteiger partial charge >= 0.3 is 17.9 Å². The van der Waals surface area contributed by atoms with Crippen LogP contribution >= 0.6 is 11.6 Å². The van der Waals surface area contributed by atoms with Crippen molar-refractivity contribution < 1.29 is 92.1 Å². The molecule has 2 saturated carbocycles. The third-order valence-electron chi connectivity index (χ3n) is 22.0. The molecule has 0 amide bonds. The Morgan fingerprint density at radius 3 is 2.17 bits per heavy atom. The molecule has 7 aliphatic rings. The van der Waals surface area contributed by atoms with E-state index in [9.17, 15) is 49.8 Å². The fourth-order valence-corrected chi connectivity index (χ4v) is 17.1. The number of aliphatic hydroxyl groups is 6. The third-order valence-corrected chi connectivity index (χ3v) is 22.9. The number of halogens is 2. The Labute approximate surface area is 514 Å². The molecular weight excluding hydrogens is 1140 g/mol. The first kappa shape index (κ1) is 70.7. The summed E-state index contributed by atoms with van der Waals surface area (Å²) in [5.74, 6) is -7.11. The summed E-state index contributed by atoms with van der Waals surface area (Å²) in [5, 5.41) is 72.5. The van der Waals surface area contributed by atoms with Crippen LogP contribution in [0.3, 0.4) is 0 Å². The fraction of sp³-hybridized carbons (Fsp3) is 0.875. The van der Waals surface area contributed by atoms with Gasteiger partial charge in [-0.2, -0.15) is 0 Å². The zero-order valence-electron chi connectivity index (χ0n) is 54.0. The average Bonchev–Trinajstić information content (AvgIpc) is 1.30. The first-order valence-corrected chi connectivity index (χ1v) is 31.8. The van der Waals surface area contributed by atoms with Crippen molar-refractivity contribution in [2.24, 2.45) is 46.3 Å². The maximum atomic E-state index is 16.1. The first-order chi connectivity index (χ1) is 39.8. The van der Waals surface area contributed by atoms with Crippen molar-refractivity contribution in [3.05, 3.63) is 23.6 Å². The molecule has 0 radical (unpaired) electrons. The predicted molar refractivity (Wildman–Crippen MR) is 316 cm³/mol. The molecule has 3 unspecified atom stereocenters. The van der Waals surface area contributed by atoms with Gasteiger partial charge in [-0.15, -0.1) is 11.6 Å². The van der Waals surface area contributed by atoms with Crippen molar-refractivity contribution in [2.75, 3.05) is 41.4 Å². The number of unbranched alkanes of at least 4 members (excludes halogenated alkanes) is 1. The number of allylic oxidation sites excluding steroid dienone is 4. The molecule has 492 valence electrons. The van der Waals surface area contributed by atoms with E-state index in [2.05, 4.69) is 0 Å². The summed E-state index contributed by atoms with van der Waals surface area (Å²) < 4.78 is 67.1. The van der Waals surface area contributed by atoms with E-state index in [0.717, 1.165) is 0 Å². The molecular formula is C64H104ClFN2O18. The van der Waals surface area contributed by atoms with Crippen LogP contribution in [0.15, 0.2) is 23.6 Å². The summed E-state index contributed by atoms with van der Waals surface area (Å²) in [6.45, 7) is 22.7. The van der Waals surface area contributed by atoms with Gasteiger partial charge in [0.1, 0.15) is 29.7 Å². The molecule has 3 saturated heterocycles. The molecule has 3 heterocycles. The van der Waals surface area contributed by atoms with Gasteiger partial charge < -0.3 is 78.3 Å². The van der Waals surface area contributed by atoms with E-state index < -0.39 is 171 Å². The number of rotatable bonds is 14. The second-order valence-electron chi connectivity index (χ2n) is 28.5. The van der Waals surface area contributed by atoms with Gasteiger partial charge in [-0.05, 0) is 150 Å². The van der Waals surface area contributed by atoms with Crippen molar-refractivity contribution >= 4 is 35.3 Å². The van der Waals surface area contributed by atoms with Gasteiger partial charge in [0.25, 0.3) is 0 Å². The van der Waals surface area contributed by atoms with Crippen LogP contribution in [0.5, 0.6) is 0 Å². The van der Waals surface area contributed by atoms with E-state index in [1.165, 1.54) is 20.1 Å². The highest BCUT2D eigenvalue weighted by atomic mass is 35.5.